The normalized spacial score (nSPS) is 9.62. The number of hydrogen-bond acceptors (Lipinski definition) is 22. The minimum Gasteiger partial charge on any atom is -0.466 e. The summed E-state index contributed by atoms with van der Waals surface area (Å²) >= 11 is 0. The molecule has 2 aromatic heterocycles. The van der Waals surface area contributed by atoms with Crippen molar-refractivity contribution in [2.45, 2.75) is 99.8 Å². The van der Waals surface area contributed by atoms with Gasteiger partial charge >= 0.3 is 70.0 Å². The molecule has 0 radical (unpaired) electrons. The van der Waals surface area contributed by atoms with Gasteiger partial charge in [0.25, 0.3) is 0 Å². The van der Waals surface area contributed by atoms with Gasteiger partial charge in [0, 0.05) is 93.2 Å². The number of carbonyl (C=O) groups excluding carboxylic acids is 8. The lowest BCUT2D eigenvalue weighted by Crippen LogP contribution is -2.51. The predicted molar refractivity (Wildman–Crippen MR) is 277 cm³/mol. The predicted octanol–water partition coefficient (Wildman–Crippen LogP) is 0.677. The van der Waals surface area contributed by atoms with E-state index in [4.69, 9.17) is 19.1 Å². The van der Waals surface area contributed by atoms with Gasteiger partial charge in [-0.2, -0.15) is 0 Å². The zero-order chi connectivity index (χ0) is 60.1. The molecule has 0 saturated carbocycles. The third-order valence-electron chi connectivity index (χ3n) is 9.02. The Balaban J connectivity index is -0.000000268. The van der Waals surface area contributed by atoms with Crippen molar-refractivity contribution in [3.05, 3.63) is 87.2 Å². The monoisotopic (exact) mass is 1090 g/mol. The van der Waals surface area contributed by atoms with E-state index in [0.717, 1.165) is 53.1 Å². The number of isocyanates is 2. The average molecular weight is 1090 g/mol. The van der Waals surface area contributed by atoms with Crippen LogP contribution in [0.15, 0.2) is 63.1 Å². The molecule has 76 heavy (non-hydrogen) atoms. The second kappa shape index (κ2) is 46.7. The van der Waals surface area contributed by atoms with E-state index in [-0.39, 0.29) is 50.3 Å². The molecule has 0 N–H and O–H groups in total. The summed E-state index contributed by atoms with van der Waals surface area (Å²) in [5.74, 6) is -1.27. The highest BCUT2D eigenvalue weighted by Crippen LogP contribution is 2.15. The van der Waals surface area contributed by atoms with Crippen LogP contribution < -0.4 is 34.1 Å². The minimum absolute atomic E-state index is 0.0808. The molecular formula is C48H78N8O20. The Bertz CT molecular complexity index is 2260. The van der Waals surface area contributed by atoms with Crippen LogP contribution in [0.2, 0.25) is 0 Å². The number of nitrogens with zero attached hydrogens (tertiary/aromatic N) is 8. The lowest BCUT2D eigenvalue weighted by molar-refractivity contribution is -0.149. The lowest BCUT2D eigenvalue weighted by Gasteiger charge is -2.14. The van der Waals surface area contributed by atoms with Crippen molar-refractivity contribution in [2.75, 3.05) is 53.7 Å². The Kier molecular flexibility index (Phi) is 47.1. The van der Waals surface area contributed by atoms with Gasteiger partial charge in [0.2, 0.25) is 12.2 Å². The van der Waals surface area contributed by atoms with Crippen LogP contribution in [0.3, 0.4) is 0 Å². The first-order chi connectivity index (χ1) is 35.5. The zero-order valence-corrected chi connectivity index (χ0v) is 46.6. The highest BCUT2D eigenvalue weighted by atomic mass is 16.6. The standard InChI is InChI=1S/C14H26O4.2C9H14O4.2C6H9N3O3.2C2H3NO/c1-4-12(9-11-18-14(16)6-3)8-7-10-17-13(15)5-2;2*1-4-8(10)12-5-6-13-9(11)7(2)3;2*1-7-4(10)8(2)6(12)9(3)5(7)11;2*1-3-2-4/h12H,4-11H2,1-3H3;2*2,4-6H2,1,3H3;2*1-3H3;2*1H3. The van der Waals surface area contributed by atoms with E-state index in [1.165, 1.54) is 68.5 Å². The molecule has 1 atom stereocenters. The number of carbonyl (C=O) groups is 6. The summed E-state index contributed by atoms with van der Waals surface area (Å²) in [4.78, 5) is 155. The average Bonchev–Trinajstić information content (AvgIpc) is 3.42. The van der Waals surface area contributed by atoms with Crippen molar-refractivity contribution in [1.82, 2.24) is 27.4 Å². The Hall–Kier alpha value is -8.12. The van der Waals surface area contributed by atoms with Crippen molar-refractivity contribution >= 4 is 48.0 Å². The van der Waals surface area contributed by atoms with E-state index < -0.39 is 46.1 Å². The van der Waals surface area contributed by atoms with Crippen LogP contribution in [0, 0.1) is 5.92 Å². The summed E-state index contributed by atoms with van der Waals surface area (Å²) < 4.78 is 34.1. The van der Waals surface area contributed by atoms with Crippen LogP contribution in [0.5, 0.6) is 0 Å². The molecule has 2 heterocycles. The van der Waals surface area contributed by atoms with E-state index in [0.29, 0.717) is 56.0 Å². The molecular weight excluding hydrogens is 1010 g/mol. The van der Waals surface area contributed by atoms with Gasteiger partial charge in [-0.25, -0.2) is 85.3 Å². The maximum atomic E-state index is 11.1. The summed E-state index contributed by atoms with van der Waals surface area (Å²) in [5.41, 5.74) is -2.98. The van der Waals surface area contributed by atoms with Crippen LogP contribution in [0.25, 0.3) is 0 Å². The van der Waals surface area contributed by atoms with Crippen molar-refractivity contribution in [2.24, 2.45) is 58.2 Å². The first-order valence-electron chi connectivity index (χ1n) is 23.4. The van der Waals surface area contributed by atoms with E-state index in [1.54, 1.807) is 41.5 Å². The number of aliphatic imine (C=N–C) groups is 2. The molecule has 0 fully saturated rings. The molecule has 0 amide bonds. The molecule has 0 saturated heterocycles. The van der Waals surface area contributed by atoms with E-state index in [9.17, 15) is 57.5 Å². The maximum absolute atomic E-state index is 11.1. The lowest BCUT2D eigenvalue weighted by atomic mass is 9.97. The Morgan fingerprint density at radius 3 is 0.868 bits per heavy atom. The van der Waals surface area contributed by atoms with Crippen molar-refractivity contribution in [1.29, 1.82) is 0 Å². The van der Waals surface area contributed by atoms with Crippen LogP contribution in [-0.2, 0) is 109 Å². The number of esters is 6. The second-order valence-electron chi connectivity index (χ2n) is 15.0. The van der Waals surface area contributed by atoms with Gasteiger partial charge in [-0.1, -0.05) is 54.2 Å². The fourth-order valence-corrected chi connectivity index (χ4v) is 4.53. The molecule has 2 rings (SSSR count). The molecule has 2 aromatic rings. The largest absolute Gasteiger partial charge is 0.466 e. The van der Waals surface area contributed by atoms with Crippen LogP contribution in [0.1, 0.15) is 99.8 Å². The van der Waals surface area contributed by atoms with E-state index in [2.05, 4.69) is 49.0 Å². The van der Waals surface area contributed by atoms with Crippen molar-refractivity contribution in [3.63, 3.8) is 0 Å². The topological polar surface area (TPSA) is 349 Å². The highest BCUT2D eigenvalue weighted by molar-refractivity contribution is 5.87. The third kappa shape index (κ3) is 36.7. The number of hydrogen-bond donors (Lipinski definition) is 0. The molecule has 28 heteroatoms. The molecule has 28 nitrogen and oxygen atoms in total. The first-order valence-corrected chi connectivity index (χ1v) is 23.4. The molecule has 0 spiro atoms. The smallest absolute Gasteiger partial charge is 0.335 e. The highest BCUT2D eigenvalue weighted by Gasteiger charge is 2.10. The molecule has 1 unspecified atom stereocenters. The summed E-state index contributed by atoms with van der Waals surface area (Å²) in [5, 5.41) is 0. The molecule has 0 bridgehead atoms. The summed E-state index contributed by atoms with van der Waals surface area (Å²) in [7, 11) is 10.7. The van der Waals surface area contributed by atoms with Gasteiger partial charge in [-0.3, -0.25) is 19.2 Å². The molecule has 0 aromatic carbocycles. The number of aromatic nitrogens is 6. The van der Waals surface area contributed by atoms with Gasteiger partial charge in [0.15, 0.2) is 0 Å². The fraction of sp³-hybridized carbons (Fsp3) is 0.625. The molecule has 0 aliphatic rings. The zero-order valence-electron chi connectivity index (χ0n) is 46.6. The quantitative estimate of drug-likeness (QED) is 0.0439. The van der Waals surface area contributed by atoms with Crippen molar-refractivity contribution < 1.29 is 66.8 Å². The van der Waals surface area contributed by atoms with Gasteiger partial charge in [0.1, 0.15) is 26.4 Å². The van der Waals surface area contributed by atoms with Crippen LogP contribution >= 0.6 is 0 Å². The minimum atomic E-state index is -0.608. The van der Waals surface area contributed by atoms with Crippen LogP contribution in [0.4, 0.5) is 0 Å². The van der Waals surface area contributed by atoms with Gasteiger partial charge in [-0.05, 0) is 39.0 Å². The fourth-order valence-electron chi connectivity index (χ4n) is 4.53. The number of ether oxygens (including phenoxy) is 6. The second-order valence-corrected chi connectivity index (χ2v) is 15.0. The van der Waals surface area contributed by atoms with E-state index in [1.807, 2.05) is 0 Å². The Morgan fingerprint density at radius 2 is 0.658 bits per heavy atom. The molecule has 0 aliphatic heterocycles. The van der Waals surface area contributed by atoms with Gasteiger partial charge in [0.05, 0.1) is 13.2 Å². The number of rotatable bonds is 20. The van der Waals surface area contributed by atoms with Crippen LogP contribution in [-0.4, -0.2) is 129 Å². The third-order valence-corrected chi connectivity index (χ3v) is 9.02. The summed E-state index contributed by atoms with van der Waals surface area (Å²) in [6.07, 6.45) is 7.98. The maximum Gasteiger partial charge on any atom is 0.335 e. The SMILES string of the molecule is C=C(C)C(=O)OCCOC(=O)CC.C=C(C)C(=O)OCCOC(=O)CC.CCC(=O)OCCCC(CC)CCOC(=O)CC.CN=C=O.CN=C=O.Cn1c(=O)n(C)c(=O)n(C)c1=O.Cn1c(=O)n(C)c(=O)n(C)c1=O. The summed E-state index contributed by atoms with van der Waals surface area (Å²) in [6, 6.07) is 0. The first kappa shape index (κ1) is 76.8. The Morgan fingerprint density at radius 1 is 0.434 bits per heavy atom. The molecule has 430 valence electrons. The molecule has 0 aliphatic carbocycles. The van der Waals surface area contributed by atoms with Gasteiger partial charge < -0.3 is 28.4 Å². The van der Waals surface area contributed by atoms with E-state index >= 15 is 0 Å². The van der Waals surface area contributed by atoms with Gasteiger partial charge in [-0.15, -0.1) is 0 Å². The Labute approximate surface area is 440 Å². The summed E-state index contributed by atoms with van der Waals surface area (Å²) in [6.45, 7) is 20.4. The van der Waals surface area contributed by atoms with Crippen molar-refractivity contribution in [3.8, 4) is 0 Å².